The summed E-state index contributed by atoms with van der Waals surface area (Å²) < 4.78 is 85.0. The summed E-state index contributed by atoms with van der Waals surface area (Å²) in [6.07, 6.45) is -0.454. The number of nitrogens with one attached hydrogen (secondary N) is 3. The number of halogens is 6. The van der Waals surface area contributed by atoms with Crippen molar-refractivity contribution in [3.63, 3.8) is 0 Å². The largest absolute Gasteiger partial charge is 0.496 e. The molecular formula is C28H19F6N5O5. The van der Waals surface area contributed by atoms with Gasteiger partial charge in [-0.1, -0.05) is 0 Å². The highest BCUT2D eigenvalue weighted by atomic mass is 19.4. The Morgan fingerprint density at radius 1 is 0.886 bits per heavy atom. The average Bonchev–Trinajstić information content (AvgIpc) is 3.45. The summed E-state index contributed by atoms with van der Waals surface area (Å²) in [7, 11) is 1.35. The molecule has 0 aliphatic heterocycles. The van der Waals surface area contributed by atoms with E-state index in [4.69, 9.17) is 19.4 Å². The molecule has 0 saturated heterocycles. The number of carboxylic acids is 1. The smallest absolute Gasteiger partial charge is 0.490 e. The van der Waals surface area contributed by atoms with Gasteiger partial charge in [0.05, 0.1) is 18.2 Å². The average molecular weight is 619 g/mol. The Balaban J connectivity index is 0.000000566. The second-order valence-corrected chi connectivity index (χ2v) is 8.54. The maximum absolute atomic E-state index is 14.9. The number of H-pyrrole nitrogens is 1. The summed E-state index contributed by atoms with van der Waals surface area (Å²) in [6.45, 7) is 0. The minimum absolute atomic E-state index is 0.0237. The van der Waals surface area contributed by atoms with Gasteiger partial charge in [-0.15, -0.1) is 0 Å². The number of aromatic amines is 1. The number of fused-ring (bicyclic) bond motifs is 1. The van der Waals surface area contributed by atoms with Crippen LogP contribution in [0.4, 0.5) is 43.5 Å². The van der Waals surface area contributed by atoms with Gasteiger partial charge in [0, 0.05) is 36.4 Å². The molecule has 0 radical (unpaired) electrons. The standard InChI is InChI=1S/C26H18F3N5O3.C2HF3O2/c1-36-22-8-11-32-25(23(22)26(35)34-19-4-2-14(27)12-17(19)28)33-15-3-5-21(18(29)13-15)37-20-7-10-31-24-16(20)6-9-30-24;3-2(4,5)1(6)7/h2-13H,1H3,(H,30,31)(H,32,33)(H,34,35);(H,6,7). The predicted molar refractivity (Wildman–Crippen MR) is 145 cm³/mol. The first-order chi connectivity index (χ1) is 20.9. The Bertz CT molecular complexity index is 1830. The van der Waals surface area contributed by atoms with Crippen LogP contribution in [0.25, 0.3) is 11.0 Å². The lowest BCUT2D eigenvalue weighted by Crippen LogP contribution is -2.21. The molecule has 3 heterocycles. The predicted octanol–water partition coefficient (Wildman–Crippen LogP) is 6.81. The first kappa shape index (κ1) is 31.1. The summed E-state index contributed by atoms with van der Waals surface area (Å²) in [5, 5.41) is 13.1. The van der Waals surface area contributed by atoms with E-state index in [1.807, 2.05) is 0 Å². The molecule has 4 N–H and O–H groups in total. The van der Waals surface area contributed by atoms with Gasteiger partial charge in [0.25, 0.3) is 5.91 Å². The van der Waals surface area contributed by atoms with Crippen molar-refractivity contribution in [1.29, 1.82) is 0 Å². The molecule has 44 heavy (non-hydrogen) atoms. The number of aromatic nitrogens is 3. The Labute approximate surface area is 243 Å². The molecular weight excluding hydrogens is 600 g/mol. The number of alkyl halides is 3. The molecule has 2 aromatic carbocycles. The lowest BCUT2D eigenvalue weighted by atomic mass is 10.2. The van der Waals surface area contributed by atoms with Gasteiger partial charge in [0.15, 0.2) is 11.6 Å². The lowest BCUT2D eigenvalue weighted by molar-refractivity contribution is -0.192. The molecule has 0 atom stereocenters. The van der Waals surface area contributed by atoms with Crippen LogP contribution in [0, 0.1) is 17.5 Å². The number of aliphatic carboxylic acids is 1. The third-order valence-corrected chi connectivity index (χ3v) is 5.62. The molecule has 0 aliphatic carbocycles. The van der Waals surface area contributed by atoms with Gasteiger partial charge in [-0.05, 0) is 42.5 Å². The van der Waals surface area contributed by atoms with Crippen LogP contribution in [-0.4, -0.2) is 45.2 Å². The number of carboxylic acid groups (broad SMARTS) is 1. The quantitative estimate of drug-likeness (QED) is 0.146. The van der Waals surface area contributed by atoms with Crippen LogP contribution in [0.2, 0.25) is 0 Å². The van der Waals surface area contributed by atoms with Crippen molar-refractivity contribution < 1.29 is 50.5 Å². The van der Waals surface area contributed by atoms with E-state index in [1.54, 1.807) is 24.5 Å². The molecule has 10 nitrogen and oxygen atoms in total. The number of amides is 1. The normalized spacial score (nSPS) is 10.9. The summed E-state index contributed by atoms with van der Waals surface area (Å²) in [6, 6.07) is 11.7. The van der Waals surface area contributed by atoms with E-state index in [0.717, 1.165) is 12.1 Å². The minimum atomic E-state index is -5.08. The number of benzene rings is 2. The minimum Gasteiger partial charge on any atom is -0.496 e. The topological polar surface area (TPSA) is 138 Å². The first-order valence-corrected chi connectivity index (χ1v) is 12.1. The van der Waals surface area contributed by atoms with Crippen LogP contribution in [0.15, 0.2) is 73.2 Å². The number of carbonyl (C=O) groups excluding carboxylic acids is 1. The van der Waals surface area contributed by atoms with Gasteiger partial charge in [0.2, 0.25) is 0 Å². The fourth-order valence-corrected chi connectivity index (χ4v) is 3.65. The SMILES string of the molecule is COc1ccnc(Nc2ccc(Oc3ccnc4[nH]ccc34)c(F)c2)c1C(=O)Nc1ccc(F)cc1F.O=C(O)C(F)(F)F. The van der Waals surface area contributed by atoms with Crippen molar-refractivity contribution in [2.45, 2.75) is 6.18 Å². The monoisotopic (exact) mass is 619 g/mol. The molecule has 0 unspecified atom stereocenters. The third-order valence-electron chi connectivity index (χ3n) is 5.62. The van der Waals surface area contributed by atoms with Crippen molar-refractivity contribution in [2.75, 3.05) is 17.7 Å². The van der Waals surface area contributed by atoms with E-state index in [1.165, 1.54) is 37.6 Å². The van der Waals surface area contributed by atoms with Crippen LogP contribution in [-0.2, 0) is 4.79 Å². The van der Waals surface area contributed by atoms with E-state index in [0.29, 0.717) is 22.8 Å². The number of methoxy groups -OCH3 is 1. The zero-order chi connectivity index (χ0) is 32.0. The van der Waals surface area contributed by atoms with Crippen LogP contribution < -0.4 is 20.1 Å². The maximum atomic E-state index is 14.9. The highest BCUT2D eigenvalue weighted by Gasteiger charge is 2.38. The fourth-order valence-electron chi connectivity index (χ4n) is 3.65. The number of rotatable bonds is 7. The van der Waals surface area contributed by atoms with E-state index in [2.05, 4.69) is 25.6 Å². The van der Waals surface area contributed by atoms with E-state index >= 15 is 0 Å². The van der Waals surface area contributed by atoms with Gasteiger partial charge in [0.1, 0.15) is 40.2 Å². The molecule has 0 aliphatic rings. The Morgan fingerprint density at radius 2 is 1.59 bits per heavy atom. The van der Waals surface area contributed by atoms with Gasteiger partial charge < -0.3 is 30.2 Å². The van der Waals surface area contributed by atoms with E-state index < -0.39 is 35.5 Å². The number of hydrogen-bond acceptors (Lipinski definition) is 7. The number of carbonyl (C=O) groups is 2. The molecule has 0 bridgehead atoms. The highest BCUT2D eigenvalue weighted by molar-refractivity contribution is 6.10. The summed E-state index contributed by atoms with van der Waals surface area (Å²) in [5.74, 6) is -5.38. The van der Waals surface area contributed by atoms with Crippen molar-refractivity contribution in [2.24, 2.45) is 0 Å². The van der Waals surface area contributed by atoms with E-state index in [9.17, 15) is 31.1 Å². The molecule has 0 fully saturated rings. The van der Waals surface area contributed by atoms with Crippen molar-refractivity contribution in [1.82, 2.24) is 15.0 Å². The van der Waals surface area contributed by atoms with Crippen molar-refractivity contribution in [3.05, 3.63) is 96.2 Å². The highest BCUT2D eigenvalue weighted by Crippen LogP contribution is 2.33. The van der Waals surface area contributed by atoms with Crippen LogP contribution in [0.3, 0.4) is 0 Å². The number of anilines is 3. The van der Waals surface area contributed by atoms with Gasteiger partial charge >= 0.3 is 12.1 Å². The molecule has 3 aromatic heterocycles. The fraction of sp³-hybridized carbons (Fsp3) is 0.0714. The molecule has 228 valence electrons. The number of ether oxygens (including phenoxy) is 2. The van der Waals surface area contributed by atoms with Gasteiger partial charge in [-0.25, -0.2) is 27.9 Å². The van der Waals surface area contributed by atoms with Gasteiger partial charge in [-0.3, -0.25) is 4.79 Å². The second-order valence-electron chi connectivity index (χ2n) is 8.54. The number of nitrogens with zero attached hydrogens (tertiary/aromatic N) is 2. The lowest BCUT2D eigenvalue weighted by Gasteiger charge is -2.15. The van der Waals surface area contributed by atoms with Crippen molar-refractivity contribution >= 4 is 40.1 Å². The first-order valence-electron chi connectivity index (χ1n) is 12.1. The number of pyridine rings is 2. The summed E-state index contributed by atoms with van der Waals surface area (Å²) in [5.41, 5.74) is 0.560. The second kappa shape index (κ2) is 13.0. The molecule has 1 amide bonds. The zero-order valence-corrected chi connectivity index (χ0v) is 22.2. The number of hydrogen-bond donors (Lipinski definition) is 4. The maximum Gasteiger partial charge on any atom is 0.490 e. The molecule has 0 spiro atoms. The Morgan fingerprint density at radius 3 is 2.25 bits per heavy atom. The third kappa shape index (κ3) is 7.33. The summed E-state index contributed by atoms with van der Waals surface area (Å²) >= 11 is 0. The van der Waals surface area contributed by atoms with E-state index in [-0.39, 0.29) is 34.3 Å². The Hall–Kier alpha value is -5.80. The molecule has 5 rings (SSSR count). The van der Waals surface area contributed by atoms with Gasteiger partial charge in [-0.2, -0.15) is 13.2 Å². The molecule has 5 aromatic rings. The Kier molecular flexibility index (Phi) is 9.21. The molecule has 16 heteroatoms. The zero-order valence-electron chi connectivity index (χ0n) is 22.2. The van der Waals surface area contributed by atoms with Crippen molar-refractivity contribution in [3.8, 4) is 17.2 Å². The van der Waals surface area contributed by atoms with Crippen LogP contribution >= 0.6 is 0 Å². The molecule has 0 saturated carbocycles. The van der Waals surface area contributed by atoms with Crippen LogP contribution in [0.1, 0.15) is 10.4 Å². The van der Waals surface area contributed by atoms with Crippen LogP contribution in [0.5, 0.6) is 17.2 Å². The summed E-state index contributed by atoms with van der Waals surface area (Å²) in [4.78, 5) is 33.2.